The highest BCUT2D eigenvalue weighted by molar-refractivity contribution is 5.98. The minimum atomic E-state index is -1.04. The number of cyclic esters (lactones) is 1. The van der Waals surface area contributed by atoms with Gasteiger partial charge in [-0.15, -0.1) is 0 Å². The molecule has 1 aromatic heterocycles. The van der Waals surface area contributed by atoms with Crippen molar-refractivity contribution in [2.75, 3.05) is 20.0 Å². The molecule has 1 atom stereocenters. The molecule has 0 saturated carbocycles. The van der Waals surface area contributed by atoms with E-state index in [0.29, 0.717) is 11.3 Å². The molecule has 24 heavy (non-hydrogen) atoms. The molecule has 0 fully saturated rings. The van der Waals surface area contributed by atoms with E-state index >= 15 is 0 Å². The van der Waals surface area contributed by atoms with Crippen molar-refractivity contribution < 1.29 is 19.0 Å². The SMILES string of the molecule is COc1ccc2c(c1OC)C(=O)O[C@H]2c1c(N)n(C)c(=O)[nH]c1=O. The molecule has 0 radical (unpaired) electrons. The number of fused-ring (bicyclic) bond motifs is 1. The van der Waals surface area contributed by atoms with Gasteiger partial charge < -0.3 is 19.9 Å². The average molecular weight is 333 g/mol. The number of carbonyl (C=O) groups excluding carboxylic acids is 1. The number of aromatic nitrogens is 2. The van der Waals surface area contributed by atoms with Crippen molar-refractivity contribution in [3.63, 3.8) is 0 Å². The number of nitrogens with one attached hydrogen (secondary N) is 1. The van der Waals surface area contributed by atoms with Gasteiger partial charge in [0, 0.05) is 12.6 Å². The zero-order chi connectivity index (χ0) is 17.6. The van der Waals surface area contributed by atoms with Crippen molar-refractivity contribution >= 4 is 11.8 Å². The summed E-state index contributed by atoms with van der Waals surface area (Å²) < 4.78 is 16.8. The molecule has 0 unspecified atom stereocenters. The molecule has 1 aromatic carbocycles. The number of methoxy groups -OCH3 is 2. The topological polar surface area (TPSA) is 126 Å². The average Bonchev–Trinajstić information content (AvgIpc) is 2.88. The lowest BCUT2D eigenvalue weighted by atomic mass is 9.99. The molecule has 2 aromatic rings. The van der Waals surface area contributed by atoms with Crippen molar-refractivity contribution in [1.82, 2.24) is 9.55 Å². The Morgan fingerprint density at radius 1 is 1.21 bits per heavy atom. The summed E-state index contributed by atoms with van der Waals surface area (Å²) in [6.45, 7) is 0. The minimum absolute atomic E-state index is 0.0172. The van der Waals surface area contributed by atoms with Gasteiger partial charge in [0.15, 0.2) is 17.6 Å². The Hall–Kier alpha value is -3.23. The van der Waals surface area contributed by atoms with Crippen molar-refractivity contribution in [2.45, 2.75) is 6.10 Å². The molecule has 2 heterocycles. The monoisotopic (exact) mass is 333 g/mol. The Morgan fingerprint density at radius 3 is 2.54 bits per heavy atom. The molecule has 126 valence electrons. The molecular formula is C15H15N3O6. The third kappa shape index (κ3) is 2.05. The molecule has 9 heteroatoms. The fourth-order valence-corrected chi connectivity index (χ4v) is 2.72. The van der Waals surface area contributed by atoms with E-state index in [0.717, 1.165) is 4.57 Å². The molecule has 0 bridgehead atoms. The molecule has 0 aliphatic carbocycles. The number of esters is 1. The van der Waals surface area contributed by atoms with Crippen LogP contribution >= 0.6 is 0 Å². The van der Waals surface area contributed by atoms with Crippen LogP contribution in [0.3, 0.4) is 0 Å². The number of ether oxygens (including phenoxy) is 3. The summed E-state index contributed by atoms with van der Waals surface area (Å²) in [5.74, 6) is -0.180. The van der Waals surface area contributed by atoms with Gasteiger partial charge in [-0.2, -0.15) is 0 Å². The minimum Gasteiger partial charge on any atom is -0.493 e. The number of hydrogen-bond acceptors (Lipinski definition) is 7. The molecule has 1 aliphatic rings. The smallest absolute Gasteiger partial charge is 0.343 e. The summed E-state index contributed by atoms with van der Waals surface area (Å²) in [5.41, 5.74) is 5.08. The second kappa shape index (κ2) is 5.44. The zero-order valence-electron chi connectivity index (χ0n) is 13.2. The third-order valence-corrected chi connectivity index (χ3v) is 3.96. The second-order valence-electron chi connectivity index (χ2n) is 5.17. The number of nitrogens with zero attached hydrogens (tertiary/aromatic N) is 1. The van der Waals surface area contributed by atoms with Crippen LogP contribution in [0.2, 0.25) is 0 Å². The molecule has 1 aliphatic heterocycles. The lowest BCUT2D eigenvalue weighted by molar-refractivity contribution is 0.0452. The maximum absolute atomic E-state index is 12.3. The maximum atomic E-state index is 12.3. The van der Waals surface area contributed by atoms with Crippen molar-refractivity contribution in [1.29, 1.82) is 0 Å². The van der Waals surface area contributed by atoms with E-state index in [1.807, 2.05) is 0 Å². The van der Waals surface area contributed by atoms with Crippen LogP contribution in [0.25, 0.3) is 0 Å². The van der Waals surface area contributed by atoms with Crippen molar-refractivity contribution in [3.8, 4) is 11.5 Å². The van der Waals surface area contributed by atoms with Gasteiger partial charge in [0.05, 0.1) is 14.2 Å². The van der Waals surface area contributed by atoms with Crippen LogP contribution < -0.4 is 26.5 Å². The van der Waals surface area contributed by atoms with Gasteiger partial charge in [-0.05, 0) is 6.07 Å². The van der Waals surface area contributed by atoms with E-state index in [-0.39, 0.29) is 22.7 Å². The molecule has 0 amide bonds. The molecule has 3 rings (SSSR count). The van der Waals surface area contributed by atoms with Crippen LogP contribution in [0.4, 0.5) is 5.82 Å². The van der Waals surface area contributed by atoms with Gasteiger partial charge in [-0.3, -0.25) is 14.3 Å². The first-order chi connectivity index (χ1) is 11.4. The number of aromatic amines is 1. The van der Waals surface area contributed by atoms with Crippen molar-refractivity contribution in [2.24, 2.45) is 7.05 Å². The van der Waals surface area contributed by atoms with Gasteiger partial charge in [0.2, 0.25) is 0 Å². The normalized spacial score (nSPS) is 15.8. The summed E-state index contributed by atoms with van der Waals surface area (Å²) in [6.07, 6.45) is -1.04. The Bertz CT molecular complexity index is 959. The van der Waals surface area contributed by atoms with E-state index in [1.54, 1.807) is 12.1 Å². The first-order valence-electron chi connectivity index (χ1n) is 6.95. The predicted octanol–water partition coefficient (Wildman–Crippen LogP) is -0.0672. The quantitative estimate of drug-likeness (QED) is 0.753. The molecular weight excluding hydrogens is 318 g/mol. The van der Waals surface area contributed by atoms with Crippen LogP contribution in [-0.2, 0) is 11.8 Å². The number of anilines is 1. The maximum Gasteiger partial charge on any atom is 0.343 e. The van der Waals surface area contributed by atoms with Gasteiger partial charge in [0.1, 0.15) is 16.9 Å². The Labute approximate surface area is 135 Å². The van der Waals surface area contributed by atoms with E-state index in [4.69, 9.17) is 19.9 Å². The number of nitrogens with two attached hydrogens (primary N) is 1. The number of hydrogen-bond donors (Lipinski definition) is 2. The van der Waals surface area contributed by atoms with Crippen LogP contribution in [0.15, 0.2) is 21.7 Å². The molecule has 0 spiro atoms. The lowest BCUT2D eigenvalue weighted by Crippen LogP contribution is -2.34. The van der Waals surface area contributed by atoms with E-state index in [1.165, 1.54) is 21.3 Å². The predicted molar refractivity (Wildman–Crippen MR) is 83.5 cm³/mol. The van der Waals surface area contributed by atoms with Crippen LogP contribution in [0, 0.1) is 0 Å². The third-order valence-electron chi connectivity index (χ3n) is 3.96. The van der Waals surface area contributed by atoms with Gasteiger partial charge in [-0.1, -0.05) is 6.07 Å². The largest absolute Gasteiger partial charge is 0.493 e. The fraction of sp³-hybridized carbons (Fsp3) is 0.267. The number of H-pyrrole nitrogens is 1. The summed E-state index contributed by atoms with van der Waals surface area (Å²) >= 11 is 0. The number of benzene rings is 1. The first-order valence-corrected chi connectivity index (χ1v) is 6.95. The highest BCUT2D eigenvalue weighted by Crippen LogP contribution is 2.44. The molecule has 9 nitrogen and oxygen atoms in total. The molecule has 3 N–H and O–H groups in total. The zero-order valence-corrected chi connectivity index (χ0v) is 13.2. The Kier molecular flexibility index (Phi) is 3.55. The number of carbonyl (C=O) groups is 1. The fourth-order valence-electron chi connectivity index (χ4n) is 2.72. The van der Waals surface area contributed by atoms with Crippen LogP contribution in [0.1, 0.15) is 27.6 Å². The van der Waals surface area contributed by atoms with E-state index in [9.17, 15) is 14.4 Å². The number of rotatable bonds is 3. The van der Waals surface area contributed by atoms with Crippen molar-refractivity contribution in [3.05, 3.63) is 49.7 Å². The van der Waals surface area contributed by atoms with Crippen LogP contribution in [-0.4, -0.2) is 29.7 Å². The molecule has 0 saturated heterocycles. The second-order valence-corrected chi connectivity index (χ2v) is 5.17. The Morgan fingerprint density at radius 2 is 1.92 bits per heavy atom. The number of nitrogen functional groups attached to an aromatic ring is 1. The summed E-state index contributed by atoms with van der Waals surface area (Å²) in [5, 5.41) is 0. The Balaban J connectivity index is 2.28. The van der Waals surface area contributed by atoms with Gasteiger partial charge in [0.25, 0.3) is 5.56 Å². The summed E-state index contributed by atoms with van der Waals surface area (Å²) in [6, 6.07) is 3.19. The van der Waals surface area contributed by atoms with Gasteiger partial charge >= 0.3 is 11.7 Å². The van der Waals surface area contributed by atoms with Gasteiger partial charge in [-0.25, -0.2) is 9.59 Å². The lowest BCUT2D eigenvalue weighted by Gasteiger charge is -2.15. The summed E-state index contributed by atoms with van der Waals surface area (Å²) in [4.78, 5) is 38.2. The van der Waals surface area contributed by atoms with Crippen LogP contribution in [0.5, 0.6) is 11.5 Å². The highest BCUT2D eigenvalue weighted by Gasteiger charge is 2.39. The van der Waals surface area contributed by atoms with E-state index < -0.39 is 23.3 Å². The standard InChI is InChI=1S/C15H15N3O6/c1-18-12(16)9(13(19)17-15(18)21)10-6-4-5-7(22-2)11(23-3)8(6)14(20)24-10/h4-5,10H,16H2,1-3H3,(H,17,19,21)/t10-/m1/s1. The highest BCUT2D eigenvalue weighted by atomic mass is 16.6. The van der Waals surface area contributed by atoms with E-state index in [2.05, 4.69) is 4.98 Å². The summed E-state index contributed by atoms with van der Waals surface area (Å²) in [7, 11) is 4.24. The first kappa shape index (κ1) is 15.7.